The number of fused-ring (bicyclic) bond motifs is 1. The lowest BCUT2D eigenvalue weighted by Gasteiger charge is -2.13. The monoisotopic (exact) mass is 428 g/mol. The van der Waals surface area contributed by atoms with E-state index in [0.29, 0.717) is 51.6 Å². The fraction of sp³-hybridized carbons (Fsp3) is 0.143. The number of ether oxygens (including phenoxy) is 2. The van der Waals surface area contributed by atoms with E-state index in [0.717, 1.165) is 6.42 Å². The Labute approximate surface area is 176 Å². The third-order valence-corrected chi connectivity index (χ3v) is 5.42. The van der Waals surface area contributed by atoms with E-state index < -0.39 is 0 Å². The Morgan fingerprint density at radius 3 is 2.34 bits per heavy atom. The van der Waals surface area contributed by atoms with Crippen LogP contribution in [0.5, 0.6) is 11.5 Å². The molecule has 0 radical (unpaired) electrons. The molecule has 3 aromatic rings. The summed E-state index contributed by atoms with van der Waals surface area (Å²) in [6.07, 6.45) is 0.781. The molecule has 0 bridgehead atoms. The summed E-state index contributed by atoms with van der Waals surface area (Å²) in [5.41, 5.74) is 1.48. The molecule has 2 amide bonds. The first-order valence-electron chi connectivity index (χ1n) is 8.95. The van der Waals surface area contributed by atoms with Gasteiger partial charge in [-0.3, -0.25) is 9.59 Å². The molecule has 29 heavy (non-hydrogen) atoms. The molecule has 8 heteroatoms. The second kappa shape index (κ2) is 8.55. The Bertz CT molecular complexity index is 1040. The largest absolute Gasteiger partial charge is 0.490 e. The van der Waals surface area contributed by atoms with Gasteiger partial charge in [0.1, 0.15) is 0 Å². The molecule has 1 aliphatic rings. The van der Waals surface area contributed by atoms with E-state index in [2.05, 4.69) is 10.6 Å². The highest BCUT2D eigenvalue weighted by Gasteiger charge is 2.16. The van der Waals surface area contributed by atoms with Crippen molar-refractivity contribution in [2.75, 3.05) is 23.8 Å². The minimum atomic E-state index is -0.322. The summed E-state index contributed by atoms with van der Waals surface area (Å²) < 4.78 is 11.2. The number of benzene rings is 2. The van der Waals surface area contributed by atoms with Crippen molar-refractivity contribution in [3.05, 3.63) is 69.4 Å². The zero-order chi connectivity index (χ0) is 20.2. The first-order valence-corrected chi connectivity index (χ1v) is 10.2. The number of anilines is 2. The molecule has 2 N–H and O–H groups in total. The number of carbonyl (C=O) groups is 2. The van der Waals surface area contributed by atoms with E-state index in [4.69, 9.17) is 21.1 Å². The van der Waals surface area contributed by atoms with Crippen molar-refractivity contribution < 1.29 is 19.1 Å². The van der Waals surface area contributed by atoms with Gasteiger partial charge < -0.3 is 20.1 Å². The number of amides is 2. The van der Waals surface area contributed by atoms with E-state index in [-0.39, 0.29) is 11.8 Å². The second-order valence-electron chi connectivity index (χ2n) is 6.29. The Morgan fingerprint density at radius 2 is 1.66 bits per heavy atom. The number of rotatable bonds is 4. The molecule has 1 aliphatic heterocycles. The molecule has 0 atom stereocenters. The van der Waals surface area contributed by atoms with Gasteiger partial charge in [-0.25, -0.2) is 0 Å². The average molecular weight is 429 g/mol. The van der Waals surface area contributed by atoms with Gasteiger partial charge in [-0.2, -0.15) is 0 Å². The maximum atomic E-state index is 12.6. The third-order valence-electron chi connectivity index (χ3n) is 4.24. The van der Waals surface area contributed by atoms with Crippen LogP contribution in [0.3, 0.4) is 0 Å². The summed E-state index contributed by atoms with van der Waals surface area (Å²) in [7, 11) is 0. The van der Waals surface area contributed by atoms with Gasteiger partial charge in [0.25, 0.3) is 11.8 Å². The van der Waals surface area contributed by atoms with E-state index >= 15 is 0 Å². The van der Waals surface area contributed by atoms with Gasteiger partial charge >= 0.3 is 0 Å². The van der Waals surface area contributed by atoms with Gasteiger partial charge in [0, 0.05) is 29.8 Å². The quantitative estimate of drug-likeness (QED) is 0.608. The van der Waals surface area contributed by atoms with Crippen molar-refractivity contribution in [2.45, 2.75) is 6.42 Å². The molecule has 1 aromatic heterocycles. The smallest absolute Gasteiger partial charge is 0.265 e. The number of nitrogens with one attached hydrogen (secondary N) is 2. The molecule has 4 rings (SSSR count). The SMILES string of the molecule is O=C(Nc1cc2c(cc1Cl)OCCCO2)c1ccc(NC(=O)c2cccs2)cc1. The molecule has 2 aromatic carbocycles. The van der Waals surface area contributed by atoms with Crippen LogP contribution in [0, 0.1) is 0 Å². The van der Waals surface area contributed by atoms with Crippen molar-refractivity contribution in [1.82, 2.24) is 0 Å². The van der Waals surface area contributed by atoms with Crippen molar-refractivity contribution in [3.8, 4) is 11.5 Å². The van der Waals surface area contributed by atoms with Crippen LogP contribution in [-0.2, 0) is 0 Å². The number of hydrogen-bond acceptors (Lipinski definition) is 5. The van der Waals surface area contributed by atoms with Crippen molar-refractivity contribution in [3.63, 3.8) is 0 Å². The standard InChI is InChI=1S/C21H17ClN2O4S/c22-15-11-17-18(28-9-2-8-27-17)12-16(15)24-20(25)13-4-6-14(7-5-13)23-21(26)19-3-1-10-29-19/h1,3-7,10-12H,2,8-9H2,(H,23,26)(H,24,25). The molecule has 0 spiro atoms. The van der Waals surface area contributed by atoms with Crippen LogP contribution in [0.2, 0.25) is 5.02 Å². The Hall–Kier alpha value is -3.03. The van der Waals surface area contributed by atoms with Gasteiger partial charge in [0.15, 0.2) is 11.5 Å². The summed E-state index contributed by atoms with van der Waals surface area (Å²) in [4.78, 5) is 25.3. The lowest BCUT2D eigenvalue weighted by Crippen LogP contribution is -2.13. The van der Waals surface area contributed by atoms with E-state index in [9.17, 15) is 9.59 Å². The van der Waals surface area contributed by atoms with E-state index in [1.165, 1.54) is 11.3 Å². The molecule has 0 aliphatic carbocycles. The molecule has 6 nitrogen and oxygen atoms in total. The summed E-state index contributed by atoms with van der Waals surface area (Å²) in [5.74, 6) is 0.610. The number of halogens is 1. The molecule has 2 heterocycles. The number of carbonyl (C=O) groups excluding carboxylic acids is 2. The fourth-order valence-corrected chi connectivity index (χ4v) is 3.60. The molecule has 0 saturated carbocycles. The number of thiophene rings is 1. The molecular weight excluding hydrogens is 412 g/mol. The summed E-state index contributed by atoms with van der Waals surface area (Å²) in [5, 5.41) is 7.79. The zero-order valence-electron chi connectivity index (χ0n) is 15.2. The van der Waals surface area contributed by atoms with Gasteiger partial charge in [-0.15, -0.1) is 11.3 Å². The Kier molecular flexibility index (Phi) is 5.69. The maximum Gasteiger partial charge on any atom is 0.265 e. The molecule has 0 saturated heterocycles. The summed E-state index contributed by atoms with van der Waals surface area (Å²) in [6.45, 7) is 1.10. The van der Waals surface area contributed by atoms with Crippen molar-refractivity contribution in [2.24, 2.45) is 0 Å². The highest BCUT2D eigenvalue weighted by molar-refractivity contribution is 7.12. The molecule has 148 valence electrons. The predicted octanol–water partition coefficient (Wildman–Crippen LogP) is 5.07. The van der Waals surface area contributed by atoms with Gasteiger partial charge in [0.2, 0.25) is 0 Å². The van der Waals surface area contributed by atoms with Crippen LogP contribution >= 0.6 is 22.9 Å². The minimum absolute atomic E-state index is 0.184. The third kappa shape index (κ3) is 4.52. The molecular formula is C21H17ClN2O4S. The zero-order valence-corrected chi connectivity index (χ0v) is 16.8. The lowest BCUT2D eigenvalue weighted by atomic mass is 10.2. The van der Waals surface area contributed by atoms with Gasteiger partial charge in [-0.05, 0) is 35.7 Å². The highest BCUT2D eigenvalue weighted by Crippen LogP contribution is 2.37. The van der Waals surface area contributed by atoms with Crippen molar-refractivity contribution >= 4 is 46.1 Å². The first-order chi connectivity index (χ1) is 14.1. The van der Waals surface area contributed by atoms with Gasteiger partial charge in [-0.1, -0.05) is 17.7 Å². The topological polar surface area (TPSA) is 76.7 Å². The van der Waals surface area contributed by atoms with Crippen LogP contribution in [-0.4, -0.2) is 25.0 Å². The normalized spacial score (nSPS) is 12.7. The predicted molar refractivity (Wildman–Crippen MR) is 114 cm³/mol. The Balaban J connectivity index is 1.45. The Morgan fingerprint density at radius 1 is 0.931 bits per heavy atom. The van der Waals surface area contributed by atoms with Crippen molar-refractivity contribution in [1.29, 1.82) is 0 Å². The maximum absolute atomic E-state index is 12.6. The van der Waals surface area contributed by atoms with Crippen LogP contribution < -0.4 is 20.1 Å². The summed E-state index contributed by atoms with van der Waals surface area (Å²) in [6, 6.07) is 13.5. The molecule has 0 fully saturated rings. The van der Waals surface area contributed by atoms with Gasteiger partial charge in [0.05, 0.1) is 28.8 Å². The minimum Gasteiger partial charge on any atom is -0.490 e. The lowest BCUT2D eigenvalue weighted by molar-refractivity contribution is 0.102. The second-order valence-corrected chi connectivity index (χ2v) is 7.65. The first kappa shape index (κ1) is 19.3. The van der Waals surface area contributed by atoms with Crippen LogP contribution in [0.25, 0.3) is 0 Å². The van der Waals surface area contributed by atoms with E-state index in [1.807, 2.05) is 11.4 Å². The average Bonchev–Trinajstić information content (AvgIpc) is 3.17. The summed E-state index contributed by atoms with van der Waals surface area (Å²) >= 11 is 7.64. The van der Waals surface area contributed by atoms with Crippen LogP contribution in [0.4, 0.5) is 11.4 Å². The fourth-order valence-electron chi connectivity index (χ4n) is 2.78. The number of hydrogen-bond donors (Lipinski definition) is 2. The van der Waals surface area contributed by atoms with E-state index in [1.54, 1.807) is 42.5 Å². The molecule has 0 unspecified atom stereocenters. The van der Waals surface area contributed by atoms with Crippen LogP contribution in [0.15, 0.2) is 53.9 Å². The van der Waals surface area contributed by atoms with Crippen LogP contribution in [0.1, 0.15) is 26.5 Å². The highest BCUT2D eigenvalue weighted by atomic mass is 35.5.